The van der Waals surface area contributed by atoms with Gasteiger partial charge in [0.1, 0.15) is 0 Å². The van der Waals surface area contributed by atoms with Crippen molar-refractivity contribution >= 4 is 11.6 Å². The van der Waals surface area contributed by atoms with E-state index < -0.39 is 0 Å². The molecule has 0 unspecified atom stereocenters. The van der Waals surface area contributed by atoms with Gasteiger partial charge in [-0.25, -0.2) is 4.98 Å². The second kappa shape index (κ2) is 5.97. The maximum Gasteiger partial charge on any atom is 0.224 e. The molecular weight excluding hydrogens is 232 g/mol. The third kappa shape index (κ3) is 3.18. The number of nitrogens with one attached hydrogen (secondary N) is 1. The first-order valence-electron chi connectivity index (χ1n) is 5.69. The van der Waals surface area contributed by atoms with Crippen LogP contribution in [0.5, 0.6) is 0 Å². The Labute approximate surface area is 104 Å². The third-order valence-corrected chi connectivity index (χ3v) is 2.45. The Morgan fingerprint density at radius 2 is 2.11 bits per heavy atom. The number of hydrogen-bond acceptors (Lipinski definition) is 4. The Bertz CT molecular complexity index is 491. The summed E-state index contributed by atoms with van der Waals surface area (Å²) < 4.78 is 5.17. The van der Waals surface area contributed by atoms with Crippen LogP contribution in [0.2, 0.25) is 0 Å². The number of aliphatic hydroxyl groups excluding tert-OH is 1. The first-order chi connectivity index (χ1) is 8.79. The van der Waals surface area contributed by atoms with Crippen molar-refractivity contribution in [1.82, 2.24) is 4.98 Å². The van der Waals surface area contributed by atoms with E-state index in [1.165, 1.54) is 6.39 Å². The number of aromatic nitrogens is 1. The number of carbonyl (C=O) groups is 1. The fourth-order valence-corrected chi connectivity index (χ4v) is 1.54. The molecule has 0 aliphatic rings. The number of amides is 1. The minimum absolute atomic E-state index is 0.0256. The highest BCUT2D eigenvalue weighted by Crippen LogP contribution is 2.20. The van der Waals surface area contributed by atoms with Crippen molar-refractivity contribution in [3.8, 4) is 11.3 Å². The summed E-state index contributed by atoms with van der Waals surface area (Å²) in [6, 6.07) is 7.30. The van der Waals surface area contributed by atoms with Crippen molar-refractivity contribution in [1.29, 1.82) is 0 Å². The van der Waals surface area contributed by atoms with E-state index in [9.17, 15) is 4.79 Å². The van der Waals surface area contributed by atoms with Gasteiger partial charge >= 0.3 is 0 Å². The minimum atomic E-state index is -0.100. The number of anilines is 1. The number of aliphatic hydroxyl groups is 1. The number of hydrogen-bond donors (Lipinski definition) is 2. The molecule has 94 valence electrons. The standard InChI is InChI=1S/C13H14N2O3/c16-7-1-2-13(17)15-11-5-3-10(4-6-11)12-8-14-9-18-12/h3-6,8-9,16H,1-2,7H2,(H,15,17). The van der Waals surface area contributed by atoms with E-state index >= 15 is 0 Å². The van der Waals surface area contributed by atoms with Crippen LogP contribution in [0.3, 0.4) is 0 Å². The van der Waals surface area contributed by atoms with Gasteiger partial charge in [0.2, 0.25) is 5.91 Å². The second-order valence-electron chi connectivity index (χ2n) is 3.82. The van der Waals surface area contributed by atoms with Crippen molar-refractivity contribution in [2.45, 2.75) is 12.8 Å². The molecule has 0 bridgehead atoms. The van der Waals surface area contributed by atoms with Crippen LogP contribution in [0.25, 0.3) is 11.3 Å². The summed E-state index contributed by atoms with van der Waals surface area (Å²) in [5.74, 6) is 0.588. The number of nitrogens with zero attached hydrogens (tertiary/aromatic N) is 1. The molecule has 1 amide bonds. The van der Waals surface area contributed by atoms with Crippen LogP contribution in [0.1, 0.15) is 12.8 Å². The van der Waals surface area contributed by atoms with Crippen LogP contribution < -0.4 is 5.32 Å². The lowest BCUT2D eigenvalue weighted by Crippen LogP contribution is -2.11. The van der Waals surface area contributed by atoms with E-state index in [4.69, 9.17) is 9.52 Å². The molecule has 1 heterocycles. The zero-order valence-corrected chi connectivity index (χ0v) is 9.80. The summed E-state index contributed by atoms with van der Waals surface area (Å²) in [5.41, 5.74) is 1.63. The van der Waals surface area contributed by atoms with E-state index in [1.807, 2.05) is 12.1 Å². The van der Waals surface area contributed by atoms with Crippen molar-refractivity contribution < 1.29 is 14.3 Å². The van der Waals surface area contributed by atoms with E-state index in [-0.39, 0.29) is 12.5 Å². The van der Waals surface area contributed by atoms with Gasteiger partial charge < -0.3 is 14.8 Å². The molecule has 5 heteroatoms. The van der Waals surface area contributed by atoms with Crippen molar-refractivity contribution in [2.75, 3.05) is 11.9 Å². The quantitative estimate of drug-likeness (QED) is 0.846. The highest BCUT2D eigenvalue weighted by molar-refractivity contribution is 5.90. The molecule has 2 N–H and O–H groups in total. The van der Waals surface area contributed by atoms with Crippen LogP contribution in [0.15, 0.2) is 41.3 Å². The molecule has 1 aromatic carbocycles. The molecule has 0 aliphatic carbocycles. The summed E-state index contributed by atoms with van der Waals surface area (Å²) in [6.45, 7) is 0.0256. The van der Waals surface area contributed by atoms with E-state index in [0.717, 1.165) is 11.3 Å². The van der Waals surface area contributed by atoms with Gasteiger partial charge in [-0.1, -0.05) is 0 Å². The topological polar surface area (TPSA) is 75.4 Å². The molecular formula is C13H14N2O3. The Balaban J connectivity index is 1.98. The minimum Gasteiger partial charge on any atom is -0.444 e. The van der Waals surface area contributed by atoms with Crippen LogP contribution in [0.4, 0.5) is 5.69 Å². The van der Waals surface area contributed by atoms with Crippen LogP contribution >= 0.6 is 0 Å². The zero-order valence-electron chi connectivity index (χ0n) is 9.80. The molecule has 0 fully saturated rings. The largest absolute Gasteiger partial charge is 0.444 e. The van der Waals surface area contributed by atoms with Crippen molar-refractivity contribution in [2.24, 2.45) is 0 Å². The number of oxazole rings is 1. The number of carbonyl (C=O) groups excluding carboxylic acids is 1. The van der Waals surface area contributed by atoms with E-state index in [0.29, 0.717) is 18.6 Å². The molecule has 0 saturated carbocycles. The van der Waals surface area contributed by atoms with Crippen LogP contribution in [-0.4, -0.2) is 22.6 Å². The predicted octanol–water partition coefficient (Wildman–Crippen LogP) is 2.05. The highest BCUT2D eigenvalue weighted by atomic mass is 16.3. The number of rotatable bonds is 5. The summed E-state index contributed by atoms with van der Waals surface area (Å²) in [5, 5.41) is 11.4. The fraction of sp³-hybridized carbons (Fsp3) is 0.231. The van der Waals surface area contributed by atoms with Crippen LogP contribution in [-0.2, 0) is 4.79 Å². The first-order valence-corrected chi connectivity index (χ1v) is 5.69. The van der Waals surface area contributed by atoms with Gasteiger partial charge in [0.15, 0.2) is 12.2 Å². The molecule has 2 aromatic rings. The summed E-state index contributed by atoms with van der Waals surface area (Å²) in [7, 11) is 0. The van der Waals surface area contributed by atoms with Gasteiger partial charge in [-0.2, -0.15) is 0 Å². The molecule has 18 heavy (non-hydrogen) atoms. The Morgan fingerprint density at radius 3 is 2.72 bits per heavy atom. The van der Waals surface area contributed by atoms with Gasteiger partial charge in [0.05, 0.1) is 6.20 Å². The molecule has 2 rings (SSSR count). The normalized spacial score (nSPS) is 10.3. The smallest absolute Gasteiger partial charge is 0.224 e. The SMILES string of the molecule is O=C(CCCO)Nc1ccc(-c2cnco2)cc1. The van der Waals surface area contributed by atoms with E-state index in [2.05, 4.69) is 10.3 Å². The van der Waals surface area contributed by atoms with Crippen molar-refractivity contribution in [3.05, 3.63) is 36.9 Å². The average Bonchev–Trinajstić information content (AvgIpc) is 2.91. The van der Waals surface area contributed by atoms with Gasteiger partial charge in [-0.15, -0.1) is 0 Å². The summed E-state index contributed by atoms with van der Waals surface area (Å²) in [6.07, 6.45) is 3.80. The summed E-state index contributed by atoms with van der Waals surface area (Å²) >= 11 is 0. The van der Waals surface area contributed by atoms with Gasteiger partial charge in [0, 0.05) is 24.3 Å². The lowest BCUT2D eigenvalue weighted by molar-refractivity contribution is -0.116. The van der Waals surface area contributed by atoms with Crippen LogP contribution in [0, 0.1) is 0 Å². The molecule has 0 aliphatic heterocycles. The molecule has 0 saturated heterocycles. The molecule has 5 nitrogen and oxygen atoms in total. The molecule has 0 spiro atoms. The maximum atomic E-state index is 11.4. The van der Waals surface area contributed by atoms with Gasteiger partial charge in [-0.3, -0.25) is 4.79 Å². The first kappa shape index (κ1) is 12.3. The lowest BCUT2D eigenvalue weighted by atomic mass is 10.1. The maximum absolute atomic E-state index is 11.4. The monoisotopic (exact) mass is 246 g/mol. The zero-order chi connectivity index (χ0) is 12.8. The average molecular weight is 246 g/mol. The highest BCUT2D eigenvalue weighted by Gasteiger charge is 2.04. The second-order valence-corrected chi connectivity index (χ2v) is 3.82. The molecule has 0 atom stereocenters. The van der Waals surface area contributed by atoms with E-state index in [1.54, 1.807) is 18.3 Å². The predicted molar refractivity (Wildman–Crippen MR) is 66.9 cm³/mol. The summed E-state index contributed by atoms with van der Waals surface area (Å²) in [4.78, 5) is 15.3. The Hall–Kier alpha value is -2.14. The Morgan fingerprint density at radius 1 is 1.33 bits per heavy atom. The molecule has 0 radical (unpaired) electrons. The number of benzene rings is 1. The van der Waals surface area contributed by atoms with Crippen molar-refractivity contribution in [3.63, 3.8) is 0 Å². The lowest BCUT2D eigenvalue weighted by Gasteiger charge is -2.05. The fourth-order valence-electron chi connectivity index (χ4n) is 1.54. The van der Waals surface area contributed by atoms with Gasteiger partial charge in [-0.05, 0) is 30.7 Å². The third-order valence-electron chi connectivity index (χ3n) is 2.45. The Kier molecular flexibility index (Phi) is 4.09. The van der Waals surface area contributed by atoms with Gasteiger partial charge in [0.25, 0.3) is 0 Å². The molecule has 1 aromatic heterocycles.